The number of nitrogens with two attached hydrogens (primary N) is 5. The van der Waals surface area contributed by atoms with E-state index in [9.17, 15) is 62.6 Å². The summed E-state index contributed by atoms with van der Waals surface area (Å²) in [6.07, 6.45) is 0.387. The lowest BCUT2D eigenvalue weighted by Gasteiger charge is -2.26. The molecule has 0 aromatic heterocycles. The molecule has 0 unspecified atom stereocenters. The molecular formula is C51H83N17O13S3. The minimum Gasteiger partial charge on any atom is -0.481 e. The first-order valence-corrected chi connectivity index (χ1v) is 31.2. The van der Waals surface area contributed by atoms with Crippen molar-refractivity contribution in [2.75, 3.05) is 81.9 Å². The van der Waals surface area contributed by atoms with Crippen molar-refractivity contribution >= 4 is 110 Å². The van der Waals surface area contributed by atoms with Gasteiger partial charge in [0.05, 0.1) is 18.7 Å². The van der Waals surface area contributed by atoms with Crippen LogP contribution in [0.4, 0.5) is 0 Å². The standard InChI is InChI=1S/C51H83N17O13S3/c52-14-18-57-23-31(24-58-19-15-53)20-32(69)10-6-13-40(70)59-16-5-4-11-34-46(77)67-38-27-83-84-28-39(50(81)65-35(21-30-8-2-1-3-9-30)47(78)66-37(44(54)75)26-82-29-42(72)62-34)68-48(79)36(22-43(73)74)63-41(71)25-61-45(76)33(64-49(38)80)12-7-17-60-51(55)56/h1-3,8-9,31,33-39,57-58H,4-7,10-29,52-53H2,(H2,54,75)(H,59,70)(H,61,76)(H,62,72)(H,63,71)(H,64,80)(H,65,81)(H,66,78)(H,67,77)(H,68,79)(H,73,74)(H4,55,56,60)/t33-,34-,35-,36-,37-,38-,39-/m0/s1. The minimum absolute atomic E-state index is 0.0130. The van der Waals surface area contributed by atoms with Gasteiger partial charge in [-0.25, -0.2) is 0 Å². The first-order valence-electron chi connectivity index (χ1n) is 27.6. The molecule has 1 aromatic carbocycles. The minimum atomic E-state index is -1.80. The molecule has 468 valence electrons. The smallest absolute Gasteiger partial charge is 0.305 e. The number of hydrogen-bond donors (Lipinski definition) is 17. The Hall–Kier alpha value is -6.78. The molecule has 22 N–H and O–H groups in total. The Kier molecular flexibility index (Phi) is 34.4. The van der Waals surface area contributed by atoms with Crippen LogP contribution in [0.25, 0.3) is 0 Å². The molecule has 2 heterocycles. The zero-order valence-corrected chi connectivity index (χ0v) is 49.3. The van der Waals surface area contributed by atoms with Gasteiger partial charge in [0.25, 0.3) is 0 Å². The summed E-state index contributed by atoms with van der Waals surface area (Å²) in [6.45, 7) is 2.68. The van der Waals surface area contributed by atoms with Crippen LogP contribution >= 0.6 is 33.3 Å². The van der Waals surface area contributed by atoms with Crippen molar-refractivity contribution in [1.82, 2.24) is 58.5 Å². The van der Waals surface area contributed by atoms with E-state index in [1.807, 2.05) is 0 Å². The van der Waals surface area contributed by atoms with E-state index in [-0.39, 0.29) is 105 Å². The molecule has 7 atom stereocenters. The topological polar surface area (TPSA) is 500 Å². The van der Waals surface area contributed by atoms with Crippen molar-refractivity contribution < 1.29 is 62.6 Å². The first-order chi connectivity index (χ1) is 40.2. The molecule has 3 rings (SSSR count). The lowest BCUT2D eigenvalue weighted by molar-refractivity contribution is -0.141. The van der Waals surface area contributed by atoms with E-state index in [2.05, 4.69) is 63.5 Å². The normalized spacial score (nSPS) is 22.0. The van der Waals surface area contributed by atoms with Crippen molar-refractivity contribution in [1.29, 1.82) is 0 Å². The van der Waals surface area contributed by atoms with E-state index >= 15 is 0 Å². The molecule has 2 fully saturated rings. The Labute approximate surface area is 499 Å². The van der Waals surface area contributed by atoms with Crippen molar-refractivity contribution in [2.24, 2.45) is 39.6 Å². The van der Waals surface area contributed by atoms with Crippen molar-refractivity contribution in [2.45, 2.75) is 113 Å². The van der Waals surface area contributed by atoms with Gasteiger partial charge in [-0.05, 0) is 63.1 Å². The molecule has 0 spiro atoms. The number of fused-ring (bicyclic) bond motifs is 5. The van der Waals surface area contributed by atoms with Gasteiger partial charge in [0.15, 0.2) is 5.96 Å². The number of benzene rings is 1. The largest absolute Gasteiger partial charge is 0.481 e. The molecule has 2 aliphatic rings. The lowest BCUT2D eigenvalue weighted by Crippen LogP contribution is -2.59. The van der Waals surface area contributed by atoms with E-state index in [1.165, 1.54) is 0 Å². The van der Waals surface area contributed by atoms with E-state index in [4.69, 9.17) is 28.7 Å². The number of amides is 10. The fraction of sp³-hybridized carbons (Fsp3) is 0.627. The van der Waals surface area contributed by atoms with Crippen molar-refractivity contribution in [3.8, 4) is 0 Å². The Balaban J connectivity index is 1.96. The van der Waals surface area contributed by atoms with Gasteiger partial charge in [0.1, 0.15) is 48.1 Å². The molecule has 2 bridgehead atoms. The molecule has 2 aliphatic heterocycles. The van der Waals surface area contributed by atoms with Crippen molar-refractivity contribution in [3.63, 3.8) is 0 Å². The van der Waals surface area contributed by atoms with Crippen LogP contribution in [0.5, 0.6) is 0 Å². The lowest BCUT2D eigenvalue weighted by atomic mass is 9.99. The summed E-state index contributed by atoms with van der Waals surface area (Å²) < 4.78 is 0. The third kappa shape index (κ3) is 29.6. The second-order valence-electron chi connectivity index (χ2n) is 19.8. The fourth-order valence-corrected chi connectivity index (χ4v) is 11.6. The number of aliphatic imine (C=N–C) groups is 1. The van der Waals surface area contributed by atoms with Gasteiger partial charge in [0.2, 0.25) is 59.1 Å². The van der Waals surface area contributed by atoms with Crippen LogP contribution in [0, 0.1) is 5.92 Å². The van der Waals surface area contributed by atoms with Gasteiger partial charge < -0.3 is 92.3 Å². The number of ketones is 1. The average molecular weight is 1240 g/mol. The summed E-state index contributed by atoms with van der Waals surface area (Å²) in [4.78, 5) is 166. The number of Topliss-reactive ketones (excluding diaryl/α,β-unsaturated/α-hetero) is 1. The summed E-state index contributed by atoms with van der Waals surface area (Å²) in [5.41, 5.74) is 28.4. The highest BCUT2D eigenvalue weighted by molar-refractivity contribution is 8.76. The number of aliphatic carboxylic acids is 1. The summed E-state index contributed by atoms with van der Waals surface area (Å²) in [7, 11) is 1.85. The van der Waals surface area contributed by atoms with Crippen LogP contribution in [-0.4, -0.2) is 206 Å². The Bertz CT molecular complexity index is 2380. The van der Waals surface area contributed by atoms with E-state index in [0.29, 0.717) is 64.1 Å². The van der Waals surface area contributed by atoms with Crippen LogP contribution in [0.2, 0.25) is 0 Å². The zero-order valence-electron chi connectivity index (χ0n) is 46.9. The highest BCUT2D eigenvalue weighted by Crippen LogP contribution is 2.24. The molecule has 33 heteroatoms. The number of nitrogens with zero attached hydrogens (tertiary/aromatic N) is 1. The van der Waals surface area contributed by atoms with Gasteiger partial charge in [-0.3, -0.25) is 62.5 Å². The molecule has 0 saturated carbocycles. The molecule has 2 saturated heterocycles. The third-order valence-electron chi connectivity index (χ3n) is 12.7. The fourth-order valence-electron chi connectivity index (χ4n) is 8.37. The number of unbranched alkanes of at least 4 members (excludes halogenated alkanes) is 1. The van der Waals surface area contributed by atoms with Gasteiger partial charge in [-0.2, -0.15) is 0 Å². The number of carboxylic acid groups (broad SMARTS) is 1. The highest BCUT2D eigenvalue weighted by atomic mass is 33.1. The average Bonchev–Trinajstić information content (AvgIpc) is 3.48. The first kappa shape index (κ1) is 71.5. The maximum Gasteiger partial charge on any atom is 0.305 e. The number of carbonyl (C=O) groups excluding carboxylic acids is 11. The van der Waals surface area contributed by atoms with E-state index in [0.717, 1.165) is 33.3 Å². The van der Waals surface area contributed by atoms with E-state index in [1.54, 1.807) is 30.3 Å². The van der Waals surface area contributed by atoms with Crippen LogP contribution in [0.15, 0.2) is 35.3 Å². The quantitative estimate of drug-likeness (QED) is 0.0161. The maximum absolute atomic E-state index is 14.4. The summed E-state index contributed by atoms with van der Waals surface area (Å²) in [6, 6.07) is -1.93. The number of rotatable bonds is 28. The van der Waals surface area contributed by atoms with Crippen LogP contribution < -0.4 is 87.2 Å². The number of thioether (sulfide) groups is 1. The highest BCUT2D eigenvalue weighted by Gasteiger charge is 2.35. The number of carbonyl (C=O) groups is 12. The second kappa shape index (κ2) is 40.5. The van der Waals surface area contributed by atoms with Gasteiger partial charge in [-0.1, -0.05) is 51.9 Å². The molecule has 84 heavy (non-hydrogen) atoms. The van der Waals surface area contributed by atoms with Gasteiger partial charge in [0, 0.05) is 82.2 Å². The SMILES string of the molecule is NCCNCC(CNCCN)CC(=O)CCCC(=O)NCCCC[C@@H]1NC(=O)CSC[C@@H](C(N)=O)NC(=O)[C@H](Cc2ccccc2)NC(=O)[C@@H]2CSSC[C@H](NC1=O)C(=O)N[C@@H](CCCN=C(N)N)C(=O)NCC(=O)N[C@@H](CC(=O)O)C(=O)N2. The van der Waals surface area contributed by atoms with Crippen molar-refractivity contribution in [3.05, 3.63) is 35.9 Å². The number of guanidine groups is 1. The number of carboxylic acids is 1. The molecule has 1 aromatic rings. The number of primary amides is 1. The predicted molar refractivity (Wildman–Crippen MR) is 318 cm³/mol. The van der Waals surface area contributed by atoms with Crippen LogP contribution in [0.1, 0.15) is 69.8 Å². The molecule has 10 amide bonds. The number of nitrogens with one attached hydrogen (secondary N) is 11. The Morgan fingerprint density at radius 2 is 1.21 bits per heavy atom. The molecule has 30 nitrogen and oxygen atoms in total. The van der Waals surface area contributed by atoms with Gasteiger partial charge in [-0.15, -0.1) is 11.8 Å². The number of hydrogen-bond acceptors (Lipinski definition) is 20. The molecule has 0 aliphatic carbocycles. The predicted octanol–water partition coefficient (Wildman–Crippen LogP) is -5.98. The monoisotopic (exact) mass is 1240 g/mol. The van der Waals surface area contributed by atoms with Crippen LogP contribution in [-0.2, 0) is 64.0 Å². The van der Waals surface area contributed by atoms with Crippen LogP contribution in [0.3, 0.4) is 0 Å². The molecule has 0 radical (unpaired) electrons. The zero-order chi connectivity index (χ0) is 61.8. The van der Waals surface area contributed by atoms with E-state index < -0.39 is 114 Å². The third-order valence-corrected chi connectivity index (χ3v) is 16.2. The molecular weight excluding hydrogens is 1150 g/mol. The summed E-state index contributed by atoms with van der Waals surface area (Å²) in [5.74, 6) is -11.5. The summed E-state index contributed by atoms with van der Waals surface area (Å²) in [5, 5.41) is 39.2. The Morgan fingerprint density at radius 3 is 1.82 bits per heavy atom. The summed E-state index contributed by atoms with van der Waals surface area (Å²) >= 11 is 0.881. The second-order valence-corrected chi connectivity index (χ2v) is 23.4. The Morgan fingerprint density at radius 1 is 0.631 bits per heavy atom. The van der Waals surface area contributed by atoms with Gasteiger partial charge >= 0.3 is 5.97 Å². The maximum atomic E-state index is 14.4.